The summed E-state index contributed by atoms with van der Waals surface area (Å²) in [5.74, 6) is 2.93. The number of fused-ring (bicyclic) bond motifs is 6. The van der Waals surface area contributed by atoms with Gasteiger partial charge in [-0.25, -0.2) is 24.9 Å². The van der Waals surface area contributed by atoms with Crippen molar-refractivity contribution in [1.82, 2.24) is 29.5 Å². The molecule has 8 heteroatoms. The van der Waals surface area contributed by atoms with Crippen molar-refractivity contribution in [2.24, 2.45) is 0 Å². The van der Waals surface area contributed by atoms with Gasteiger partial charge in [-0.1, -0.05) is 158 Å². The molecular formula is C63H38N6O2. The zero-order chi connectivity index (χ0) is 46.8. The molecule has 0 atom stereocenters. The number of benzene rings is 10. The number of para-hydroxylation sites is 2. The van der Waals surface area contributed by atoms with Crippen molar-refractivity contribution in [3.8, 4) is 85.0 Å². The third-order valence-electron chi connectivity index (χ3n) is 13.3. The Bertz CT molecular complexity index is 4100. The number of rotatable bonds is 8. The molecule has 4 heterocycles. The van der Waals surface area contributed by atoms with Crippen molar-refractivity contribution in [2.75, 3.05) is 0 Å². The van der Waals surface area contributed by atoms with Gasteiger partial charge in [-0.05, 0) is 100 Å². The SMILES string of the molecule is c1ccc(-c2nc3cc(-c4ccc(-c5nc(-c6ccc(-c7ccc8oc(-c9ccccc9)nc8c7)cc6)nc(-c6ccc7c(-n8c9ccccc9c9ccccc98)cccc7c6)n5)cc4)ccc3o2)cc1. The van der Waals surface area contributed by atoms with E-state index in [1.807, 2.05) is 72.8 Å². The van der Waals surface area contributed by atoms with Crippen LogP contribution in [0.15, 0.2) is 239 Å². The van der Waals surface area contributed by atoms with Gasteiger partial charge in [0.2, 0.25) is 11.8 Å². The lowest BCUT2D eigenvalue weighted by molar-refractivity contribution is 0.619. The molecule has 8 nitrogen and oxygen atoms in total. The fraction of sp³-hybridized carbons (Fsp3) is 0. The lowest BCUT2D eigenvalue weighted by Crippen LogP contribution is -2.00. The average Bonchev–Trinajstić information content (AvgIpc) is 4.17. The Morgan fingerprint density at radius 1 is 0.282 bits per heavy atom. The molecule has 0 unspecified atom stereocenters. The number of nitrogens with zero attached hydrogens (tertiary/aromatic N) is 6. The van der Waals surface area contributed by atoms with E-state index in [0.717, 1.165) is 88.7 Å². The molecule has 10 aromatic carbocycles. The van der Waals surface area contributed by atoms with Crippen LogP contribution in [0.2, 0.25) is 0 Å². The first-order valence-electron chi connectivity index (χ1n) is 23.6. The monoisotopic (exact) mass is 910 g/mol. The molecule has 71 heavy (non-hydrogen) atoms. The van der Waals surface area contributed by atoms with Gasteiger partial charge in [0, 0.05) is 44.0 Å². The van der Waals surface area contributed by atoms with Crippen LogP contribution < -0.4 is 0 Å². The van der Waals surface area contributed by atoms with Crippen LogP contribution in [0.5, 0.6) is 0 Å². The van der Waals surface area contributed by atoms with Crippen molar-refractivity contribution >= 4 is 54.8 Å². The predicted molar refractivity (Wildman–Crippen MR) is 285 cm³/mol. The summed E-state index contributed by atoms with van der Waals surface area (Å²) in [6.45, 7) is 0. The quantitative estimate of drug-likeness (QED) is 0.150. The first-order valence-corrected chi connectivity index (χ1v) is 23.6. The van der Waals surface area contributed by atoms with E-state index in [0.29, 0.717) is 29.3 Å². The summed E-state index contributed by atoms with van der Waals surface area (Å²) in [5, 5.41) is 4.66. The summed E-state index contributed by atoms with van der Waals surface area (Å²) in [6, 6.07) is 79.1. The van der Waals surface area contributed by atoms with Crippen molar-refractivity contribution in [2.45, 2.75) is 0 Å². The van der Waals surface area contributed by atoms with E-state index in [1.54, 1.807) is 0 Å². The summed E-state index contributed by atoms with van der Waals surface area (Å²) >= 11 is 0. The predicted octanol–water partition coefficient (Wildman–Crippen LogP) is 16.1. The first kappa shape index (κ1) is 40.3. The fourth-order valence-electron chi connectivity index (χ4n) is 9.79. The summed E-state index contributed by atoms with van der Waals surface area (Å²) in [6.07, 6.45) is 0. The summed E-state index contributed by atoms with van der Waals surface area (Å²) in [4.78, 5) is 25.2. The highest BCUT2D eigenvalue weighted by Gasteiger charge is 2.18. The zero-order valence-electron chi connectivity index (χ0n) is 37.9. The van der Waals surface area contributed by atoms with Crippen LogP contribution in [0, 0.1) is 0 Å². The molecule has 0 saturated carbocycles. The lowest BCUT2D eigenvalue weighted by atomic mass is 10.0. The van der Waals surface area contributed by atoms with E-state index in [-0.39, 0.29) is 0 Å². The van der Waals surface area contributed by atoms with Gasteiger partial charge in [0.15, 0.2) is 28.6 Å². The number of hydrogen-bond donors (Lipinski definition) is 0. The number of aromatic nitrogens is 6. The number of hydrogen-bond acceptors (Lipinski definition) is 7. The van der Waals surface area contributed by atoms with E-state index in [4.69, 9.17) is 33.8 Å². The molecule has 0 aliphatic carbocycles. The molecule has 14 aromatic rings. The molecule has 332 valence electrons. The van der Waals surface area contributed by atoms with Gasteiger partial charge >= 0.3 is 0 Å². The van der Waals surface area contributed by atoms with E-state index in [1.165, 1.54) is 21.8 Å². The highest BCUT2D eigenvalue weighted by Crippen LogP contribution is 2.37. The molecule has 4 aromatic heterocycles. The zero-order valence-corrected chi connectivity index (χ0v) is 37.9. The molecule has 0 fully saturated rings. The maximum atomic E-state index is 6.11. The van der Waals surface area contributed by atoms with E-state index >= 15 is 0 Å². The second kappa shape index (κ2) is 16.5. The van der Waals surface area contributed by atoms with Crippen LogP contribution in [0.25, 0.3) is 140 Å². The van der Waals surface area contributed by atoms with Gasteiger partial charge in [0.25, 0.3) is 0 Å². The first-order chi connectivity index (χ1) is 35.1. The maximum Gasteiger partial charge on any atom is 0.227 e. The maximum absolute atomic E-state index is 6.11. The summed E-state index contributed by atoms with van der Waals surface area (Å²) in [7, 11) is 0. The molecule has 0 amide bonds. The normalized spacial score (nSPS) is 11.7. The van der Waals surface area contributed by atoms with Crippen molar-refractivity contribution in [3.63, 3.8) is 0 Å². The molecule has 0 radical (unpaired) electrons. The molecule has 0 aliphatic rings. The third kappa shape index (κ3) is 7.13. The van der Waals surface area contributed by atoms with Gasteiger partial charge in [-0.15, -0.1) is 0 Å². The van der Waals surface area contributed by atoms with Gasteiger partial charge in [-0.3, -0.25) is 0 Å². The Labute approximate surface area is 406 Å². The Morgan fingerprint density at radius 2 is 0.718 bits per heavy atom. The van der Waals surface area contributed by atoms with Gasteiger partial charge in [-0.2, -0.15) is 0 Å². The van der Waals surface area contributed by atoms with Crippen LogP contribution in [0.3, 0.4) is 0 Å². The smallest absolute Gasteiger partial charge is 0.227 e. The van der Waals surface area contributed by atoms with Crippen molar-refractivity contribution < 1.29 is 8.83 Å². The third-order valence-corrected chi connectivity index (χ3v) is 13.3. The van der Waals surface area contributed by atoms with Crippen LogP contribution in [-0.2, 0) is 0 Å². The Kier molecular flexibility index (Phi) is 9.35. The standard InChI is InChI=1S/C63H38N6O2/c1-3-12-43(13-4-1)62-64-52-37-45(31-34-57(52)70-62)39-22-26-41(27-23-39)59-66-60(42-28-24-40(25-29-42)46-32-35-58-53(38-46)65-63(71-58)44-14-5-2-6-15-44)68-61(67-59)48-30-33-49-47(36-48)16-11-21-54(49)69-55-19-9-7-17-50(55)51-18-8-10-20-56(51)69/h1-38H. The second-order valence-corrected chi connectivity index (χ2v) is 17.7. The topological polar surface area (TPSA) is 95.7 Å². The molecule has 0 aliphatic heterocycles. The van der Waals surface area contributed by atoms with Crippen LogP contribution in [0.1, 0.15) is 0 Å². The molecule has 14 rings (SSSR count). The summed E-state index contributed by atoms with van der Waals surface area (Å²) < 4.78 is 14.6. The Morgan fingerprint density at radius 3 is 1.24 bits per heavy atom. The van der Waals surface area contributed by atoms with Gasteiger partial charge in [0.05, 0.1) is 16.7 Å². The minimum Gasteiger partial charge on any atom is -0.436 e. The van der Waals surface area contributed by atoms with Crippen LogP contribution in [-0.4, -0.2) is 29.5 Å². The molecule has 0 saturated heterocycles. The van der Waals surface area contributed by atoms with E-state index < -0.39 is 0 Å². The van der Waals surface area contributed by atoms with Crippen LogP contribution >= 0.6 is 0 Å². The average molecular weight is 911 g/mol. The highest BCUT2D eigenvalue weighted by molar-refractivity contribution is 6.10. The Hall–Kier alpha value is -9.79. The van der Waals surface area contributed by atoms with Crippen LogP contribution in [0.4, 0.5) is 0 Å². The highest BCUT2D eigenvalue weighted by atomic mass is 16.4. The number of oxazole rings is 2. The Balaban J connectivity index is 0.845. The second-order valence-electron chi connectivity index (χ2n) is 17.7. The fourth-order valence-corrected chi connectivity index (χ4v) is 9.79. The van der Waals surface area contributed by atoms with Crippen molar-refractivity contribution in [1.29, 1.82) is 0 Å². The minimum atomic E-state index is 0.574. The largest absolute Gasteiger partial charge is 0.436 e. The van der Waals surface area contributed by atoms with Crippen molar-refractivity contribution in [3.05, 3.63) is 231 Å². The molecule has 0 N–H and O–H groups in total. The molecular weight excluding hydrogens is 873 g/mol. The summed E-state index contributed by atoms with van der Waals surface area (Å²) in [5.41, 5.74) is 15.2. The molecule has 0 spiro atoms. The van der Waals surface area contributed by atoms with Gasteiger partial charge < -0.3 is 13.4 Å². The van der Waals surface area contributed by atoms with E-state index in [9.17, 15) is 0 Å². The molecule has 0 bridgehead atoms. The van der Waals surface area contributed by atoms with Gasteiger partial charge in [0.1, 0.15) is 11.0 Å². The van der Waals surface area contributed by atoms with E-state index in [2.05, 4.69) is 162 Å². The minimum absolute atomic E-state index is 0.574. The lowest BCUT2D eigenvalue weighted by Gasteiger charge is -2.13.